The first-order valence-corrected chi connectivity index (χ1v) is 6.55. The number of amides is 1. The number of hydrogen-bond donors (Lipinski definition) is 3. The van der Waals surface area contributed by atoms with Crippen LogP contribution in [-0.4, -0.2) is 24.5 Å². The van der Waals surface area contributed by atoms with Crippen LogP contribution in [0.2, 0.25) is 0 Å². The number of aromatic nitrogens is 2. The van der Waals surface area contributed by atoms with E-state index in [0.29, 0.717) is 0 Å². The lowest BCUT2D eigenvalue weighted by Crippen LogP contribution is -2.15. The van der Waals surface area contributed by atoms with Crippen LogP contribution in [0.15, 0.2) is 35.5 Å². The lowest BCUT2D eigenvalue weighted by atomic mass is 10.2. The summed E-state index contributed by atoms with van der Waals surface area (Å²) in [6.45, 7) is 0. The second-order valence-corrected chi connectivity index (χ2v) is 5.19. The van der Waals surface area contributed by atoms with E-state index in [0.717, 1.165) is 18.2 Å². The van der Waals surface area contributed by atoms with Gasteiger partial charge in [0.05, 0.1) is 22.3 Å². The van der Waals surface area contributed by atoms with Gasteiger partial charge in [-0.05, 0) is 18.2 Å². The minimum Gasteiger partial charge on any atom is -0.319 e. The predicted octanol–water partition coefficient (Wildman–Crippen LogP) is 0.448. The molecule has 1 heterocycles. The second kappa shape index (κ2) is 4.78. The number of nitrogens with two attached hydrogens (primary N) is 1. The Labute approximate surface area is 107 Å². The van der Waals surface area contributed by atoms with E-state index in [9.17, 15) is 17.6 Å². The van der Waals surface area contributed by atoms with Gasteiger partial charge < -0.3 is 5.32 Å². The van der Waals surface area contributed by atoms with Crippen molar-refractivity contribution in [1.29, 1.82) is 0 Å². The van der Waals surface area contributed by atoms with Crippen molar-refractivity contribution in [3.8, 4) is 0 Å². The van der Waals surface area contributed by atoms with Gasteiger partial charge in [-0.1, -0.05) is 0 Å². The average molecular weight is 284 g/mol. The number of halogens is 1. The molecule has 0 saturated carbocycles. The summed E-state index contributed by atoms with van der Waals surface area (Å²) in [5.41, 5.74) is -0.0990. The number of aromatic amines is 1. The second-order valence-electron chi connectivity index (χ2n) is 3.63. The van der Waals surface area contributed by atoms with Crippen molar-refractivity contribution >= 4 is 21.6 Å². The highest BCUT2D eigenvalue weighted by Gasteiger charge is 2.14. The van der Waals surface area contributed by atoms with Crippen LogP contribution in [0.3, 0.4) is 0 Å². The van der Waals surface area contributed by atoms with E-state index in [4.69, 9.17) is 5.14 Å². The number of sulfonamides is 1. The van der Waals surface area contributed by atoms with Gasteiger partial charge in [-0.25, -0.2) is 17.9 Å². The fraction of sp³-hybridized carbons (Fsp3) is 0. The number of carbonyl (C=O) groups is 1. The van der Waals surface area contributed by atoms with E-state index in [1.165, 1.54) is 12.4 Å². The van der Waals surface area contributed by atoms with Crippen LogP contribution in [0, 0.1) is 5.82 Å². The molecule has 2 aromatic rings. The van der Waals surface area contributed by atoms with Crippen LogP contribution in [0.5, 0.6) is 0 Å². The highest BCUT2D eigenvalue weighted by Crippen LogP contribution is 2.19. The van der Waals surface area contributed by atoms with Crippen LogP contribution >= 0.6 is 0 Å². The van der Waals surface area contributed by atoms with E-state index in [1.54, 1.807) is 0 Å². The predicted molar refractivity (Wildman–Crippen MR) is 64.3 cm³/mol. The van der Waals surface area contributed by atoms with Gasteiger partial charge >= 0.3 is 0 Å². The van der Waals surface area contributed by atoms with E-state index in [2.05, 4.69) is 15.5 Å². The third kappa shape index (κ3) is 2.95. The van der Waals surface area contributed by atoms with Gasteiger partial charge in [0.2, 0.25) is 10.0 Å². The Morgan fingerprint density at radius 2 is 2.16 bits per heavy atom. The molecule has 19 heavy (non-hydrogen) atoms. The molecule has 0 spiro atoms. The number of H-pyrrole nitrogens is 1. The SMILES string of the molecule is NS(=O)(=O)c1ccc(F)c(NC(=O)c2cn[nH]c2)c1. The van der Waals surface area contributed by atoms with Gasteiger partial charge in [-0.3, -0.25) is 9.89 Å². The van der Waals surface area contributed by atoms with Gasteiger partial charge in [-0.2, -0.15) is 5.10 Å². The molecule has 0 saturated heterocycles. The summed E-state index contributed by atoms with van der Waals surface area (Å²) < 4.78 is 35.8. The van der Waals surface area contributed by atoms with Crippen molar-refractivity contribution in [3.63, 3.8) is 0 Å². The van der Waals surface area contributed by atoms with Gasteiger partial charge in [0, 0.05) is 6.20 Å². The van der Waals surface area contributed by atoms with Crippen LogP contribution < -0.4 is 10.5 Å². The molecule has 0 radical (unpaired) electrons. The molecule has 0 aliphatic carbocycles. The number of primary sulfonamides is 1. The maximum Gasteiger partial charge on any atom is 0.258 e. The largest absolute Gasteiger partial charge is 0.319 e. The lowest BCUT2D eigenvalue weighted by molar-refractivity contribution is 0.102. The fourth-order valence-corrected chi connectivity index (χ4v) is 1.89. The standard InChI is InChI=1S/C10H9FN4O3S/c11-8-2-1-7(19(12,17)18)3-9(8)15-10(16)6-4-13-14-5-6/h1-5H,(H,13,14)(H,15,16)(H2,12,17,18). The monoisotopic (exact) mass is 284 g/mol. The molecule has 0 atom stereocenters. The molecule has 9 heteroatoms. The molecule has 1 aromatic carbocycles. The summed E-state index contributed by atoms with van der Waals surface area (Å²) in [4.78, 5) is 11.4. The number of benzene rings is 1. The van der Waals surface area contributed by atoms with Gasteiger partial charge in [-0.15, -0.1) is 0 Å². The highest BCUT2D eigenvalue weighted by molar-refractivity contribution is 7.89. The quantitative estimate of drug-likeness (QED) is 0.758. The summed E-state index contributed by atoms with van der Waals surface area (Å²) in [6, 6.07) is 2.87. The number of hydrogen-bond acceptors (Lipinski definition) is 4. The lowest BCUT2D eigenvalue weighted by Gasteiger charge is -2.06. The van der Waals surface area contributed by atoms with E-state index in [-0.39, 0.29) is 16.1 Å². The first-order valence-electron chi connectivity index (χ1n) is 5.00. The maximum atomic E-state index is 13.5. The highest BCUT2D eigenvalue weighted by atomic mass is 32.2. The first-order chi connectivity index (χ1) is 8.88. The van der Waals surface area contributed by atoms with Crippen LogP contribution in [0.25, 0.3) is 0 Å². The number of nitrogens with one attached hydrogen (secondary N) is 2. The average Bonchev–Trinajstić information content (AvgIpc) is 2.84. The minimum atomic E-state index is -3.97. The molecule has 100 valence electrons. The van der Waals surface area contributed by atoms with Gasteiger partial charge in [0.15, 0.2) is 0 Å². The summed E-state index contributed by atoms with van der Waals surface area (Å²) in [5.74, 6) is -1.40. The van der Waals surface area contributed by atoms with Crippen LogP contribution in [-0.2, 0) is 10.0 Å². The summed E-state index contributed by atoms with van der Waals surface area (Å²) in [5, 5.41) is 13.1. The Kier molecular flexibility index (Phi) is 3.32. The van der Waals surface area contributed by atoms with E-state index in [1.807, 2.05) is 0 Å². The molecule has 0 bridgehead atoms. The van der Waals surface area contributed by atoms with Crippen molar-refractivity contribution in [3.05, 3.63) is 42.0 Å². The topological polar surface area (TPSA) is 118 Å². The summed E-state index contributed by atoms with van der Waals surface area (Å²) in [7, 11) is -3.97. The fourth-order valence-electron chi connectivity index (χ4n) is 1.35. The Hall–Kier alpha value is -2.26. The molecule has 4 N–H and O–H groups in total. The molecular weight excluding hydrogens is 275 g/mol. The summed E-state index contributed by atoms with van der Waals surface area (Å²) >= 11 is 0. The number of anilines is 1. The number of carbonyl (C=O) groups excluding carboxylic acids is 1. The van der Waals surface area contributed by atoms with Gasteiger partial charge in [0.1, 0.15) is 5.82 Å². The van der Waals surface area contributed by atoms with E-state index >= 15 is 0 Å². The Balaban J connectivity index is 2.32. The molecule has 1 aromatic heterocycles. The zero-order chi connectivity index (χ0) is 14.0. The zero-order valence-corrected chi connectivity index (χ0v) is 10.2. The van der Waals surface area contributed by atoms with Crippen molar-refractivity contribution in [1.82, 2.24) is 10.2 Å². The smallest absolute Gasteiger partial charge is 0.258 e. The first kappa shape index (κ1) is 13.2. The minimum absolute atomic E-state index is 0.181. The molecule has 0 aliphatic heterocycles. The van der Waals surface area contributed by atoms with Crippen LogP contribution in [0.4, 0.5) is 10.1 Å². The molecule has 0 unspecified atom stereocenters. The van der Waals surface area contributed by atoms with Crippen molar-refractivity contribution in [2.75, 3.05) is 5.32 Å². The molecule has 2 rings (SSSR count). The van der Waals surface area contributed by atoms with Crippen molar-refractivity contribution in [2.24, 2.45) is 5.14 Å². The third-order valence-electron chi connectivity index (χ3n) is 2.27. The van der Waals surface area contributed by atoms with Crippen LogP contribution in [0.1, 0.15) is 10.4 Å². The van der Waals surface area contributed by atoms with E-state index < -0.39 is 21.7 Å². The molecular formula is C10H9FN4O3S. The molecule has 1 amide bonds. The Morgan fingerprint density at radius 1 is 1.42 bits per heavy atom. The molecule has 7 nitrogen and oxygen atoms in total. The number of rotatable bonds is 3. The maximum absolute atomic E-state index is 13.5. The number of nitrogens with zero attached hydrogens (tertiary/aromatic N) is 1. The Morgan fingerprint density at radius 3 is 2.74 bits per heavy atom. The van der Waals surface area contributed by atoms with Crippen molar-refractivity contribution < 1.29 is 17.6 Å². The van der Waals surface area contributed by atoms with Gasteiger partial charge in [0.25, 0.3) is 5.91 Å². The normalized spacial score (nSPS) is 11.3. The molecule has 0 fully saturated rings. The molecule has 0 aliphatic rings. The zero-order valence-electron chi connectivity index (χ0n) is 9.42. The Bertz CT molecular complexity index is 712. The third-order valence-corrected chi connectivity index (χ3v) is 3.19. The van der Waals surface area contributed by atoms with Crippen molar-refractivity contribution in [2.45, 2.75) is 4.90 Å². The summed E-state index contributed by atoms with van der Waals surface area (Å²) in [6.07, 6.45) is 2.56.